The predicted molar refractivity (Wildman–Crippen MR) is 140 cm³/mol. The molecule has 1 aromatic carbocycles. The van der Waals surface area contributed by atoms with Crippen LogP contribution in [0, 0.1) is 11.3 Å². The summed E-state index contributed by atoms with van der Waals surface area (Å²) in [5.41, 5.74) is 3.91. The molecule has 1 atom stereocenters. The molecule has 4 aromatic rings. The number of Topliss-reactive ketones (excluding diaryl/α,β-unsaturated/α-hetero) is 1. The molecule has 1 unspecified atom stereocenters. The summed E-state index contributed by atoms with van der Waals surface area (Å²) < 4.78 is 7.29. The van der Waals surface area contributed by atoms with Gasteiger partial charge in [0.1, 0.15) is 5.41 Å². The van der Waals surface area contributed by atoms with E-state index in [0.29, 0.717) is 5.95 Å². The number of fused-ring (bicyclic) bond motifs is 1. The lowest BCUT2D eigenvalue weighted by atomic mass is 9.87. The average molecular weight is 512 g/mol. The summed E-state index contributed by atoms with van der Waals surface area (Å²) in [5, 5.41) is 24.5. The lowest BCUT2D eigenvalue weighted by Gasteiger charge is -2.17. The number of hydrogen-bond donors (Lipinski definition) is 1. The fourth-order valence-corrected chi connectivity index (χ4v) is 4.56. The molecule has 194 valence electrons. The van der Waals surface area contributed by atoms with E-state index in [9.17, 15) is 10.1 Å². The number of benzene rings is 1. The van der Waals surface area contributed by atoms with Crippen molar-refractivity contribution in [2.24, 2.45) is 7.05 Å². The molecular weight excluding hydrogens is 482 g/mol. The maximum atomic E-state index is 13.1. The molecule has 4 heterocycles. The normalized spacial score (nSPS) is 15.9. The third-order valence-electron chi connectivity index (χ3n) is 6.70. The standard InChI is InChI=1S/C27H29N9O2/c1-27(2,16-28)25-34-33-24(38-25)23(37)12-17-8-10-35(3)14-19-11-18(5-6-21(17)19)22-7-9-29-26(32-22)31-20-13-30-36(4)15-20/h5-7,9,11,13,15,17H,8,10,12,14H2,1-4H3,(H,29,31,32). The van der Waals surface area contributed by atoms with Crippen LogP contribution in [0.2, 0.25) is 0 Å². The van der Waals surface area contributed by atoms with Crippen LogP contribution in [-0.4, -0.2) is 54.2 Å². The first-order chi connectivity index (χ1) is 18.2. The summed E-state index contributed by atoms with van der Waals surface area (Å²) >= 11 is 0. The Kier molecular flexibility index (Phi) is 6.73. The molecule has 0 saturated heterocycles. The van der Waals surface area contributed by atoms with Gasteiger partial charge in [-0.25, -0.2) is 9.97 Å². The van der Waals surface area contributed by atoms with Gasteiger partial charge in [0, 0.05) is 38.0 Å². The largest absolute Gasteiger partial charge is 0.417 e. The van der Waals surface area contributed by atoms with Gasteiger partial charge in [0.2, 0.25) is 17.6 Å². The molecule has 1 aliphatic rings. The van der Waals surface area contributed by atoms with Crippen LogP contribution in [0.3, 0.4) is 0 Å². The number of nitriles is 1. The van der Waals surface area contributed by atoms with Crippen LogP contribution in [0.1, 0.15) is 60.3 Å². The number of carbonyl (C=O) groups excluding carboxylic acids is 1. The van der Waals surface area contributed by atoms with Crippen molar-refractivity contribution in [3.8, 4) is 17.3 Å². The summed E-state index contributed by atoms with van der Waals surface area (Å²) in [6.07, 6.45) is 6.38. The zero-order valence-electron chi connectivity index (χ0n) is 21.8. The smallest absolute Gasteiger partial charge is 0.284 e. The Bertz CT molecular complexity index is 1510. The van der Waals surface area contributed by atoms with Gasteiger partial charge in [0.05, 0.1) is 23.6 Å². The number of aryl methyl sites for hydroxylation is 1. The molecule has 1 N–H and O–H groups in total. The maximum Gasteiger partial charge on any atom is 0.284 e. The second kappa shape index (κ2) is 10.1. The monoisotopic (exact) mass is 511 g/mol. The van der Waals surface area contributed by atoms with Gasteiger partial charge >= 0.3 is 0 Å². The number of nitrogens with zero attached hydrogens (tertiary/aromatic N) is 8. The Morgan fingerprint density at radius 3 is 2.87 bits per heavy atom. The van der Waals surface area contributed by atoms with Gasteiger partial charge < -0.3 is 14.6 Å². The van der Waals surface area contributed by atoms with Crippen LogP contribution in [0.25, 0.3) is 11.3 Å². The first kappa shape index (κ1) is 25.2. The van der Waals surface area contributed by atoms with E-state index in [1.165, 1.54) is 0 Å². The van der Waals surface area contributed by atoms with Crippen molar-refractivity contribution < 1.29 is 9.21 Å². The van der Waals surface area contributed by atoms with Crippen molar-refractivity contribution in [3.63, 3.8) is 0 Å². The Hall–Kier alpha value is -4.43. The summed E-state index contributed by atoms with van der Waals surface area (Å²) in [6.45, 7) is 4.98. The summed E-state index contributed by atoms with van der Waals surface area (Å²) in [4.78, 5) is 24.4. The van der Waals surface area contributed by atoms with Gasteiger partial charge in [-0.2, -0.15) is 10.4 Å². The van der Waals surface area contributed by atoms with Gasteiger partial charge in [0.15, 0.2) is 0 Å². The van der Waals surface area contributed by atoms with E-state index >= 15 is 0 Å². The maximum absolute atomic E-state index is 13.1. The molecule has 11 nitrogen and oxygen atoms in total. The summed E-state index contributed by atoms with van der Waals surface area (Å²) in [5.74, 6) is 0.377. The Balaban J connectivity index is 1.38. The lowest BCUT2D eigenvalue weighted by molar-refractivity contribution is 0.0934. The van der Waals surface area contributed by atoms with Gasteiger partial charge in [-0.3, -0.25) is 9.48 Å². The second-order valence-corrected chi connectivity index (χ2v) is 10.2. The minimum atomic E-state index is -0.950. The van der Waals surface area contributed by atoms with Crippen LogP contribution in [0.5, 0.6) is 0 Å². The van der Waals surface area contributed by atoms with Gasteiger partial charge in [-0.05, 0) is 63.0 Å². The molecule has 38 heavy (non-hydrogen) atoms. The third kappa shape index (κ3) is 5.31. The van der Waals surface area contributed by atoms with E-state index in [1.807, 2.05) is 25.4 Å². The number of rotatable bonds is 7. The molecular formula is C27H29N9O2. The van der Waals surface area contributed by atoms with Gasteiger partial charge in [0.25, 0.3) is 5.89 Å². The molecule has 11 heteroatoms. The highest BCUT2D eigenvalue weighted by molar-refractivity contribution is 5.92. The Labute approximate surface area is 220 Å². The van der Waals surface area contributed by atoms with E-state index in [0.717, 1.165) is 47.6 Å². The number of anilines is 2. The fourth-order valence-electron chi connectivity index (χ4n) is 4.56. The van der Waals surface area contributed by atoms with Crippen molar-refractivity contribution in [1.82, 2.24) is 34.8 Å². The van der Waals surface area contributed by atoms with Crippen molar-refractivity contribution >= 4 is 17.4 Å². The molecule has 0 radical (unpaired) electrons. The highest BCUT2D eigenvalue weighted by atomic mass is 16.4. The van der Waals surface area contributed by atoms with Crippen LogP contribution >= 0.6 is 0 Å². The number of nitrogens with one attached hydrogen (secondary N) is 1. The first-order valence-corrected chi connectivity index (χ1v) is 12.4. The van der Waals surface area contributed by atoms with Gasteiger partial charge in [-0.1, -0.05) is 12.1 Å². The highest BCUT2D eigenvalue weighted by Crippen LogP contribution is 2.34. The van der Waals surface area contributed by atoms with E-state index in [4.69, 9.17) is 9.40 Å². The zero-order valence-corrected chi connectivity index (χ0v) is 21.8. The van der Waals surface area contributed by atoms with Crippen LogP contribution in [0.15, 0.2) is 47.3 Å². The van der Waals surface area contributed by atoms with Crippen molar-refractivity contribution in [3.05, 3.63) is 65.8 Å². The molecule has 3 aromatic heterocycles. The van der Waals surface area contributed by atoms with Crippen LogP contribution in [0.4, 0.5) is 11.6 Å². The molecule has 0 fully saturated rings. The van der Waals surface area contributed by atoms with E-state index < -0.39 is 5.41 Å². The van der Waals surface area contributed by atoms with Crippen molar-refractivity contribution in [2.45, 2.75) is 44.6 Å². The van der Waals surface area contributed by atoms with Crippen LogP contribution in [-0.2, 0) is 19.0 Å². The quantitative estimate of drug-likeness (QED) is 0.362. The topological polar surface area (TPSA) is 139 Å². The molecule has 0 aliphatic carbocycles. The number of carbonyl (C=O) groups is 1. The van der Waals surface area contributed by atoms with E-state index in [-0.39, 0.29) is 29.9 Å². The zero-order chi connectivity index (χ0) is 26.9. The molecule has 0 saturated carbocycles. The Morgan fingerprint density at radius 2 is 2.11 bits per heavy atom. The highest BCUT2D eigenvalue weighted by Gasteiger charge is 2.30. The van der Waals surface area contributed by atoms with E-state index in [2.05, 4.69) is 55.7 Å². The molecule has 0 bridgehead atoms. The molecule has 5 rings (SSSR count). The average Bonchev–Trinajstić information content (AvgIpc) is 3.53. The summed E-state index contributed by atoms with van der Waals surface area (Å²) in [6, 6.07) is 10.3. The van der Waals surface area contributed by atoms with Crippen molar-refractivity contribution in [2.75, 3.05) is 18.9 Å². The third-order valence-corrected chi connectivity index (χ3v) is 6.70. The second-order valence-electron chi connectivity index (χ2n) is 10.2. The molecule has 0 amide bonds. The first-order valence-electron chi connectivity index (χ1n) is 12.4. The predicted octanol–water partition coefficient (Wildman–Crippen LogP) is 4.00. The lowest BCUT2D eigenvalue weighted by Crippen LogP contribution is -2.17. The van der Waals surface area contributed by atoms with Gasteiger partial charge in [-0.15, -0.1) is 10.2 Å². The minimum absolute atomic E-state index is 0.00374. The number of aromatic nitrogens is 6. The summed E-state index contributed by atoms with van der Waals surface area (Å²) in [7, 11) is 3.93. The minimum Gasteiger partial charge on any atom is -0.417 e. The molecule has 0 spiro atoms. The van der Waals surface area contributed by atoms with Crippen LogP contribution < -0.4 is 5.32 Å². The molecule has 1 aliphatic heterocycles. The number of ketones is 1. The van der Waals surface area contributed by atoms with E-state index in [1.54, 1.807) is 30.9 Å². The van der Waals surface area contributed by atoms with Crippen molar-refractivity contribution in [1.29, 1.82) is 5.26 Å². The fraction of sp³-hybridized carbons (Fsp3) is 0.370. The Morgan fingerprint density at radius 1 is 1.26 bits per heavy atom. The SMILES string of the molecule is CN1CCC(CC(=O)c2nnc(C(C)(C)C#N)o2)c2ccc(-c3ccnc(Nc4cnn(C)c4)n3)cc2C1. The number of hydrogen-bond acceptors (Lipinski definition) is 10.